The first kappa shape index (κ1) is 12.2. The molecule has 0 radical (unpaired) electrons. The average molecular weight is 244 g/mol. The first-order valence-electron chi connectivity index (χ1n) is 7.60. The van der Waals surface area contributed by atoms with Crippen LogP contribution in [0.3, 0.4) is 0 Å². The Morgan fingerprint density at radius 3 is 2.89 bits per heavy atom. The molecule has 2 aliphatic rings. The van der Waals surface area contributed by atoms with Crippen LogP contribution in [0, 0.1) is 5.92 Å². The summed E-state index contributed by atoms with van der Waals surface area (Å²) in [5, 5.41) is 3.78. The van der Waals surface area contributed by atoms with Gasteiger partial charge in [0, 0.05) is 12.2 Å². The Labute approximate surface area is 110 Å². The van der Waals surface area contributed by atoms with Gasteiger partial charge in [-0.1, -0.05) is 25.3 Å². The van der Waals surface area contributed by atoms with E-state index in [0.717, 1.165) is 5.92 Å². The van der Waals surface area contributed by atoms with Gasteiger partial charge in [0.2, 0.25) is 0 Å². The van der Waals surface area contributed by atoms with Crippen LogP contribution in [0.1, 0.15) is 62.2 Å². The summed E-state index contributed by atoms with van der Waals surface area (Å²) in [6.07, 6.45) is 12.9. The fraction of sp³-hybridized carbons (Fsp3) is 0.688. The molecule has 0 bridgehead atoms. The number of rotatable bonds is 3. The Hall–Kier alpha value is -0.890. The largest absolute Gasteiger partial charge is 0.308 e. The second-order valence-electron chi connectivity index (χ2n) is 5.90. The van der Waals surface area contributed by atoms with Crippen molar-refractivity contribution in [2.75, 3.05) is 6.54 Å². The van der Waals surface area contributed by atoms with E-state index < -0.39 is 0 Å². The van der Waals surface area contributed by atoms with E-state index in [2.05, 4.69) is 22.4 Å². The maximum absolute atomic E-state index is 4.60. The number of pyridine rings is 1. The highest BCUT2D eigenvalue weighted by Gasteiger charge is 2.22. The van der Waals surface area contributed by atoms with Gasteiger partial charge in [0.25, 0.3) is 0 Å². The standard InChI is InChI=1S/C16H24N2/c1-2-6-13(7-3-1)12-18-15-10-4-8-14-9-5-11-17-16(14)15/h5,9,11,13,15,18H,1-4,6-8,10,12H2. The van der Waals surface area contributed by atoms with Crippen molar-refractivity contribution in [3.8, 4) is 0 Å². The molecular formula is C16H24N2. The van der Waals surface area contributed by atoms with Crippen LogP contribution in [0.5, 0.6) is 0 Å². The molecule has 2 heteroatoms. The lowest BCUT2D eigenvalue weighted by atomic mass is 9.88. The number of hydrogen-bond donors (Lipinski definition) is 1. The molecule has 1 fully saturated rings. The van der Waals surface area contributed by atoms with Crippen molar-refractivity contribution in [1.29, 1.82) is 0 Å². The van der Waals surface area contributed by atoms with Gasteiger partial charge in [0.1, 0.15) is 0 Å². The first-order valence-corrected chi connectivity index (χ1v) is 7.60. The Balaban J connectivity index is 1.60. The topological polar surface area (TPSA) is 24.9 Å². The van der Waals surface area contributed by atoms with Gasteiger partial charge >= 0.3 is 0 Å². The zero-order valence-electron chi connectivity index (χ0n) is 11.2. The molecule has 0 amide bonds. The highest BCUT2D eigenvalue weighted by atomic mass is 14.9. The van der Waals surface area contributed by atoms with Gasteiger partial charge in [-0.15, -0.1) is 0 Å². The van der Waals surface area contributed by atoms with Gasteiger partial charge in [0.05, 0.1) is 5.69 Å². The van der Waals surface area contributed by atoms with Gasteiger partial charge in [0.15, 0.2) is 0 Å². The van der Waals surface area contributed by atoms with E-state index in [1.54, 1.807) is 0 Å². The third kappa shape index (κ3) is 2.74. The molecular weight excluding hydrogens is 220 g/mol. The van der Waals surface area contributed by atoms with Crippen molar-refractivity contribution in [3.63, 3.8) is 0 Å². The molecule has 0 saturated heterocycles. The van der Waals surface area contributed by atoms with Crippen LogP contribution in [-0.4, -0.2) is 11.5 Å². The van der Waals surface area contributed by atoms with Crippen LogP contribution in [-0.2, 0) is 6.42 Å². The van der Waals surface area contributed by atoms with Gasteiger partial charge in [-0.25, -0.2) is 0 Å². The summed E-state index contributed by atoms with van der Waals surface area (Å²) in [4.78, 5) is 4.60. The molecule has 2 nitrogen and oxygen atoms in total. The molecule has 0 aliphatic heterocycles. The minimum atomic E-state index is 0.511. The lowest BCUT2D eigenvalue weighted by Gasteiger charge is -2.28. The number of hydrogen-bond acceptors (Lipinski definition) is 2. The van der Waals surface area contributed by atoms with E-state index in [0.29, 0.717) is 6.04 Å². The fourth-order valence-corrected chi connectivity index (χ4v) is 3.51. The maximum atomic E-state index is 4.60. The molecule has 1 heterocycles. The van der Waals surface area contributed by atoms with Crippen LogP contribution in [0.2, 0.25) is 0 Å². The van der Waals surface area contributed by atoms with E-state index in [9.17, 15) is 0 Å². The lowest BCUT2D eigenvalue weighted by molar-refractivity contribution is 0.317. The molecule has 1 atom stereocenters. The first-order chi connectivity index (χ1) is 8.93. The highest BCUT2D eigenvalue weighted by Crippen LogP contribution is 2.29. The summed E-state index contributed by atoms with van der Waals surface area (Å²) in [6.45, 7) is 1.20. The van der Waals surface area contributed by atoms with Crippen LogP contribution >= 0.6 is 0 Å². The number of aryl methyl sites for hydroxylation is 1. The number of nitrogens with one attached hydrogen (secondary N) is 1. The fourth-order valence-electron chi connectivity index (χ4n) is 3.51. The van der Waals surface area contributed by atoms with Gasteiger partial charge in [-0.3, -0.25) is 4.98 Å². The number of nitrogens with zero attached hydrogens (tertiary/aromatic N) is 1. The molecule has 1 N–H and O–H groups in total. The second kappa shape index (κ2) is 5.83. The molecule has 0 aromatic carbocycles. The Bertz CT molecular complexity index is 382. The van der Waals surface area contributed by atoms with Gasteiger partial charge in [-0.2, -0.15) is 0 Å². The second-order valence-corrected chi connectivity index (χ2v) is 5.90. The third-order valence-corrected chi connectivity index (χ3v) is 4.57. The normalized spacial score (nSPS) is 24.8. The van der Waals surface area contributed by atoms with E-state index in [1.807, 2.05) is 6.20 Å². The maximum Gasteiger partial charge on any atom is 0.0605 e. The summed E-state index contributed by atoms with van der Waals surface area (Å²) in [5.41, 5.74) is 2.78. The Morgan fingerprint density at radius 1 is 1.11 bits per heavy atom. The molecule has 3 rings (SSSR count). The molecule has 1 aromatic heterocycles. The quantitative estimate of drug-likeness (QED) is 0.878. The SMILES string of the molecule is c1cnc2c(c1)CCCC2NCC1CCCCC1. The van der Waals surface area contributed by atoms with E-state index in [1.165, 1.54) is 69.2 Å². The monoisotopic (exact) mass is 244 g/mol. The van der Waals surface area contributed by atoms with Crippen LogP contribution in [0.15, 0.2) is 18.3 Å². The summed E-state index contributed by atoms with van der Waals surface area (Å²) in [5.74, 6) is 0.910. The lowest BCUT2D eigenvalue weighted by Crippen LogP contribution is -2.31. The number of fused-ring (bicyclic) bond motifs is 1. The highest BCUT2D eigenvalue weighted by molar-refractivity contribution is 5.25. The van der Waals surface area contributed by atoms with Crippen molar-refractivity contribution in [3.05, 3.63) is 29.6 Å². The minimum Gasteiger partial charge on any atom is -0.308 e. The summed E-state index contributed by atoms with van der Waals surface area (Å²) in [6, 6.07) is 4.83. The van der Waals surface area contributed by atoms with Crippen molar-refractivity contribution < 1.29 is 0 Å². The summed E-state index contributed by atoms with van der Waals surface area (Å²) >= 11 is 0. The molecule has 1 saturated carbocycles. The van der Waals surface area contributed by atoms with Crippen LogP contribution in [0.4, 0.5) is 0 Å². The van der Waals surface area contributed by atoms with E-state index in [-0.39, 0.29) is 0 Å². The average Bonchev–Trinajstić information content (AvgIpc) is 2.46. The van der Waals surface area contributed by atoms with Crippen LogP contribution in [0.25, 0.3) is 0 Å². The molecule has 18 heavy (non-hydrogen) atoms. The Morgan fingerprint density at radius 2 is 2.00 bits per heavy atom. The van der Waals surface area contributed by atoms with Crippen LogP contribution < -0.4 is 5.32 Å². The predicted octanol–water partition coefficient (Wildman–Crippen LogP) is 3.63. The van der Waals surface area contributed by atoms with Gasteiger partial charge in [-0.05, 0) is 56.2 Å². The van der Waals surface area contributed by atoms with E-state index in [4.69, 9.17) is 0 Å². The van der Waals surface area contributed by atoms with Gasteiger partial charge < -0.3 is 5.32 Å². The van der Waals surface area contributed by atoms with Crippen molar-refractivity contribution >= 4 is 0 Å². The smallest absolute Gasteiger partial charge is 0.0605 e. The molecule has 1 aromatic rings. The minimum absolute atomic E-state index is 0.511. The van der Waals surface area contributed by atoms with Crippen molar-refractivity contribution in [1.82, 2.24) is 10.3 Å². The van der Waals surface area contributed by atoms with Crippen molar-refractivity contribution in [2.45, 2.75) is 57.4 Å². The van der Waals surface area contributed by atoms with E-state index >= 15 is 0 Å². The zero-order valence-corrected chi connectivity index (χ0v) is 11.2. The summed E-state index contributed by atoms with van der Waals surface area (Å²) < 4.78 is 0. The van der Waals surface area contributed by atoms with Crippen molar-refractivity contribution in [2.24, 2.45) is 5.92 Å². The Kier molecular flexibility index (Phi) is 3.94. The molecule has 98 valence electrons. The summed E-state index contributed by atoms with van der Waals surface area (Å²) in [7, 11) is 0. The number of aromatic nitrogens is 1. The predicted molar refractivity (Wildman–Crippen MR) is 74.5 cm³/mol. The molecule has 2 aliphatic carbocycles. The molecule has 1 unspecified atom stereocenters. The molecule has 0 spiro atoms. The zero-order chi connectivity index (χ0) is 12.2. The third-order valence-electron chi connectivity index (χ3n) is 4.57.